The van der Waals surface area contributed by atoms with Gasteiger partial charge in [-0.1, -0.05) is 51.1 Å². The molecule has 2 aromatic rings. The quantitative estimate of drug-likeness (QED) is 0.221. The van der Waals surface area contributed by atoms with Gasteiger partial charge in [0.1, 0.15) is 11.9 Å². The number of ether oxygens (including phenoxy) is 1. The Morgan fingerprint density at radius 2 is 1.73 bits per heavy atom. The predicted molar refractivity (Wildman–Crippen MR) is 135 cm³/mol. The molecule has 4 atom stereocenters. The molecule has 196 valence electrons. The lowest BCUT2D eigenvalue weighted by molar-refractivity contribution is -0.163. The van der Waals surface area contributed by atoms with Crippen molar-refractivity contribution in [1.82, 2.24) is 5.32 Å². The van der Waals surface area contributed by atoms with Crippen LogP contribution in [0.15, 0.2) is 48.5 Å². The van der Waals surface area contributed by atoms with Crippen LogP contribution in [-0.2, 0) is 41.7 Å². The molecule has 1 aliphatic carbocycles. The van der Waals surface area contributed by atoms with Crippen molar-refractivity contribution in [3.63, 3.8) is 0 Å². The van der Waals surface area contributed by atoms with Gasteiger partial charge < -0.3 is 20.9 Å². The van der Waals surface area contributed by atoms with Crippen molar-refractivity contribution in [2.75, 3.05) is 5.73 Å². The zero-order valence-corrected chi connectivity index (χ0v) is 21.1. The van der Waals surface area contributed by atoms with E-state index in [0.717, 1.165) is 5.56 Å². The molecule has 37 heavy (non-hydrogen) atoms. The van der Waals surface area contributed by atoms with Gasteiger partial charge in [-0.15, -0.1) is 0 Å². The van der Waals surface area contributed by atoms with Crippen LogP contribution in [0.5, 0.6) is 5.75 Å². The van der Waals surface area contributed by atoms with Crippen molar-refractivity contribution < 1.29 is 33.8 Å². The average Bonchev–Trinajstić information content (AvgIpc) is 2.89. The lowest BCUT2D eigenvalue weighted by Crippen LogP contribution is -2.46. The second-order valence-corrected chi connectivity index (χ2v) is 9.68. The van der Waals surface area contributed by atoms with E-state index in [4.69, 9.17) is 10.5 Å². The zero-order valence-electron chi connectivity index (χ0n) is 21.1. The predicted octanol–water partition coefficient (Wildman–Crippen LogP) is 2.18. The van der Waals surface area contributed by atoms with Crippen molar-refractivity contribution in [3.05, 3.63) is 59.7 Å². The van der Waals surface area contributed by atoms with Gasteiger partial charge in [-0.05, 0) is 30.2 Å². The molecule has 0 heterocycles. The fraction of sp³-hybridized carbons (Fsp3) is 0.393. The lowest BCUT2D eigenvalue weighted by Gasteiger charge is -2.29. The molecule has 1 fully saturated rings. The highest BCUT2D eigenvalue weighted by molar-refractivity contribution is 6.44. The number of Topliss-reactive ketones (excluding diaryl/α,β-unsaturated/α-hetero) is 4. The molecule has 0 bridgehead atoms. The molecule has 1 aliphatic rings. The minimum Gasteiger partial charge on any atom is -0.508 e. The summed E-state index contributed by atoms with van der Waals surface area (Å²) in [5.74, 6) is -6.97. The molecule has 9 nitrogen and oxygen atoms in total. The zero-order chi connectivity index (χ0) is 27.3. The van der Waals surface area contributed by atoms with Gasteiger partial charge in [-0.3, -0.25) is 24.0 Å². The molecule has 0 radical (unpaired) electrons. The number of anilines is 1. The van der Waals surface area contributed by atoms with E-state index >= 15 is 0 Å². The Kier molecular flexibility index (Phi) is 8.94. The van der Waals surface area contributed by atoms with Crippen LogP contribution >= 0.6 is 0 Å². The molecule has 0 amide bonds. The monoisotopic (exact) mass is 508 g/mol. The third-order valence-corrected chi connectivity index (χ3v) is 6.53. The van der Waals surface area contributed by atoms with E-state index in [-0.39, 0.29) is 18.7 Å². The minimum absolute atomic E-state index is 0.0581. The molecule has 0 aromatic heterocycles. The standard InChI is InChI=1S/C28H32N2O7/c1-15(2)28(36)37-27-16(3)24(33)26(35)21(30-14-18-12-19(29)9-10-22(18)31)13-23(32)25(34)20(27)11-17-7-5-4-6-8-17/h4-10,12,15-16,20-21,27,30-31H,11,13-14,29H2,1-3H3/t16-,20+,21+,27-/m1/s1. The van der Waals surface area contributed by atoms with Crippen LogP contribution in [0.1, 0.15) is 38.3 Å². The first-order valence-corrected chi connectivity index (χ1v) is 12.2. The summed E-state index contributed by atoms with van der Waals surface area (Å²) in [6.45, 7) is 4.58. The van der Waals surface area contributed by atoms with E-state index in [1.807, 2.05) is 0 Å². The number of phenols is 1. The molecule has 0 saturated heterocycles. The highest BCUT2D eigenvalue weighted by Crippen LogP contribution is 2.28. The Morgan fingerprint density at radius 3 is 2.38 bits per heavy atom. The Balaban J connectivity index is 1.96. The first kappa shape index (κ1) is 27.7. The molecule has 2 aromatic carbocycles. The number of nitrogen functional groups attached to an aromatic ring is 1. The van der Waals surface area contributed by atoms with E-state index in [1.165, 1.54) is 25.1 Å². The highest BCUT2D eigenvalue weighted by Gasteiger charge is 2.46. The third-order valence-electron chi connectivity index (χ3n) is 6.53. The Bertz CT molecular complexity index is 1190. The first-order valence-electron chi connectivity index (χ1n) is 12.2. The molecule has 1 saturated carbocycles. The molecular weight excluding hydrogens is 476 g/mol. The number of carbonyl (C=O) groups is 5. The van der Waals surface area contributed by atoms with E-state index in [9.17, 15) is 29.1 Å². The molecule has 0 aliphatic heterocycles. The van der Waals surface area contributed by atoms with Gasteiger partial charge in [0.15, 0.2) is 0 Å². The van der Waals surface area contributed by atoms with Gasteiger partial charge in [0, 0.05) is 24.2 Å². The number of hydrogen-bond acceptors (Lipinski definition) is 9. The van der Waals surface area contributed by atoms with Crippen LogP contribution in [0.25, 0.3) is 0 Å². The Labute approximate surface area is 215 Å². The topological polar surface area (TPSA) is 153 Å². The van der Waals surface area contributed by atoms with Crippen LogP contribution in [0.3, 0.4) is 0 Å². The SMILES string of the molecule is CC(C)C(=O)O[C@@H]1[C@H](C)C(=O)C(=O)[C@@H](NCc2cc(N)ccc2O)CC(=O)C(=O)[C@@H]1Cc1ccccc1. The van der Waals surface area contributed by atoms with E-state index in [0.29, 0.717) is 11.3 Å². The normalized spacial score (nSPS) is 22.9. The summed E-state index contributed by atoms with van der Waals surface area (Å²) in [6.07, 6.45) is -1.78. The number of carbonyl (C=O) groups excluding carboxylic acids is 5. The number of nitrogens with two attached hydrogens (primary N) is 1. The van der Waals surface area contributed by atoms with Crippen molar-refractivity contribution in [2.45, 2.75) is 52.3 Å². The van der Waals surface area contributed by atoms with Crippen molar-refractivity contribution in [2.24, 2.45) is 17.8 Å². The molecular formula is C28H32N2O7. The van der Waals surface area contributed by atoms with Crippen LogP contribution in [0.4, 0.5) is 5.69 Å². The van der Waals surface area contributed by atoms with E-state index < -0.39 is 65.4 Å². The smallest absolute Gasteiger partial charge is 0.308 e. The molecule has 9 heteroatoms. The summed E-state index contributed by atoms with van der Waals surface area (Å²) in [7, 11) is 0. The second kappa shape index (κ2) is 11.9. The summed E-state index contributed by atoms with van der Waals surface area (Å²) in [6, 6.07) is 12.0. The fourth-order valence-corrected chi connectivity index (χ4v) is 4.30. The molecule has 4 N–H and O–H groups in total. The van der Waals surface area contributed by atoms with Gasteiger partial charge in [-0.25, -0.2) is 0 Å². The number of benzene rings is 2. The van der Waals surface area contributed by atoms with E-state index in [1.54, 1.807) is 44.2 Å². The summed E-state index contributed by atoms with van der Waals surface area (Å²) in [5.41, 5.74) is 7.22. The van der Waals surface area contributed by atoms with Crippen LogP contribution in [0.2, 0.25) is 0 Å². The first-order chi connectivity index (χ1) is 17.5. The van der Waals surface area contributed by atoms with Gasteiger partial charge in [-0.2, -0.15) is 0 Å². The molecule has 3 rings (SSSR count). The highest BCUT2D eigenvalue weighted by atomic mass is 16.5. The van der Waals surface area contributed by atoms with Gasteiger partial charge in [0.05, 0.1) is 23.8 Å². The van der Waals surface area contributed by atoms with Crippen molar-refractivity contribution in [3.8, 4) is 5.75 Å². The molecule has 0 spiro atoms. The Hall–Kier alpha value is -3.85. The average molecular weight is 509 g/mol. The largest absolute Gasteiger partial charge is 0.508 e. The lowest BCUT2D eigenvalue weighted by atomic mass is 9.81. The maximum atomic E-state index is 13.4. The number of esters is 1. The summed E-state index contributed by atoms with van der Waals surface area (Å²) >= 11 is 0. The van der Waals surface area contributed by atoms with Crippen molar-refractivity contribution in [1.29, 1.82) is 0 Å². The Morgan fingerprint density at radius 1 is 1.05 bits per heavy atom. The summed E-state index contributed by atoms with van der Waals surface area (Å²) in [4.78, 5) is 65.6. The van der Waals surface area contributed by atoms with Crippen LogP contribution in [0, 0.1) is 17.8 Å². The van der Waals surface area contributed by atoms with Gasteiger partial charge in [0.2, 0.25) is 23.1 Å². The number of aromatic hydroxyl groups is 1. The van der Waals surface area contributed by atoms with Gasteiger partial charge in [0.25, 0.3) is 0 Å². The minimum atomic E-state index is -1.30. The van der Waals surface area contributed by atoms with Crippen LogP contribution < -0.4 is 11.1 Å². The number of ketones is 4. The van der Waals surface area contributed by atoms with E-state index in [2.05, 4.69) is 5.32 Å². The van der Waals surface area contributed by atoms with Crippen molar-refractivity contribution >= 4 is 34.8 Å². The maximum Gasteiger partial charge on any atom is 0.308 e. The summed E-state index contributed by atoms with van der Waals surface area (Å²) in [5, 5.41) is 12.9. The maximum absolute atomic E-state index is 13.4. The second-order valence-electron chi connectivity index (χ2n) is 9.68. The third kappa shape index (κ3) is 6.68. The van der Waals surface area contributed by atoms with Crippen LogP contribution in [-0.4, -0.2) is 46.4 Å². The number of phenolic OH excluding ortho intramolecular Hbond substituents is 1. The number of hydrogen-bond donors (Lipinski definition) is 3. The number of nitrogens with one attached hydrogen (secondary N) is 1. The summed E-state index contributed by atoms with van der Waals surface area (Å²) < 4.78 is 5.62. The fourth-order valence-electron chi connectivity index (χ4n) is 4.30. The number of rotatable bonds is 7. The molecule has 0 unspecified atom stereocenters. The van der Waals surface area contributed by atoms with Gasteiger partial charge >= 0.3 is 5.97 Å².